The molecule has 1 aromatic heterocycles. The highest BCUT2D eigenvalue weighted by Crippen LogP contribution is 2.33. The smallest absolute Gasteiger partial charge is 0.319 e. The van der Waals surface area contributed by atoms with Gasteiger partial charge in [-0.1, -0.05) is 5.16 Å². The molecule has 2 N–H and O–H groups in total. The van der Waals surface area contributed by atoms with Gasteiger partial charge in [0, 0.05) is 23.4 Å². The summed E-state index contributed by atoms with van der Waals surface area (Å²) in [6.07, 6.45) is 0. The van der Waals surface area contributed by atoms with Gasteiger partial charge in [0.15, 0.2) is 0 Å². The largest absolute Gasteiger partial charge is 0.497 e. The molecule has 0 aliphatic rings. The molecule has 8 heteroatoms. The maximum atomic E-state index is 11.8. The van der Waals surface area contributed by atoms with E-state index in [0.717, 1.165) is 5.56 Å². The molecule has 0 fully saturated rings. The van der Waals surface area contributed by atoms with Crippen molar-refractivity contribution < 1.29 is 18.8 Å². The highest BCUT2D eigenvalue weighted by Gasteiger charge is 2.16. The lowest BCUT2D eigenvalue weighted by molar-refractivity contribution is 0.250. The number of carbonyl (C=O) groups excluding carboxylic acids is 1. The lowest BCUT2D eigenvalue weighted by atomic mass is 10.1. The van der Waals surface area contributed by atoms with Gasteiger partial charge in [0.2, 0.25) is 5.82 Å². The van der Waals surface area contributed by atoms with E-state index in [4.69, 9.17) is 14.0 Å². The van der Waals surface area contributed by atoms with E-state index in [1.54, 1.807) is 44.6 Å². The zero-order chi connectivity index (χ0) is 20.1. The van der Waals surface area contributed by atoms with Gasteiger partial charge < -0.3 is 24.6 Å². The number of amides is 2. The minimum atomic E-state index is -0.254. The molecule has 2 amide bonds. The number of urea groups is 1. The minimum Gasteiger partial charge on any atom is -0.497 e. The Kier molecular flexibility index (Phi) is 5.78. The van der Waals surface area contributed by atoms with E-state index in [2.05, 4.69) is 20.8 Å². The molecule has 0 atom stereocenters. The monoisotopic (exact) mass is 382 g/mol. The first-order valence-corrected chi connectivity index (χ1v) is 8.74. The molecule has 3 rings (SSSR count). The van der Waals surface area contributed by atoms with Gasteiger partial charge in [-0.3, -0.25) is 0 Å². The molecule has 8 nitrogen and oxygen atoms in total. The van der Waals surface area contributed by atoms with Crippen molar-refractivity contribution in [3.05, 3.63) is 42.5 Å². The van der Waals surface area contributed by atoms with Gasteiger partial charge in [0.25, 0.3) is 5.89 Å². The summed E-state index contributed by atoms with van der Waals surface area (Å²) in [5.41, 5.74) is 2.10. The SMILES string of the molecule is COc1ccc(-c2nc(-c3ccc(NC(=O)NC(C)C)cc3)no2)c(OC)c1. The summed E-state index contributed by atoms with van der Waals surface area (Å²) in [6.45, 7) is 3.79. The van der Waals surface area contributed by atoms with Gasteiger partial charge in [-0.25, -0.2) is 4.79 Å². The Bertz CT molecular complexity index is 951. The lowest BCUT2D eigenvalue weighted by Crippen LogP contribution is -2.34. The van der Waals surface area contributed by atoms with Crippen molar-refractivity contribution >= 4 is 11.7 Å². The van der Waals surface area contributed by atoms with Crippen LogP contribution < -0.4 is 20.1 Å². The summed E-state index contributed by atoms with van der Waals surface area (Å²) >= 11 is 0. The van der Waals surface area contributed by atoms with E-state index in [9.17, 15) is 4.79 Å². The number of hydrogen-bond acceptors (Lipinski definition) is 6. The molecule has 0 aliphatic heterocycles. The Morgan fingerprint density at radius 1 is 1.07 bits per heavy atom. The van der Waals surface area contributed by atoms with Crippen LogP contribution in [0.5, 0.6) is 11.5 Å². The summed E-state index contributed by atoms with van der Waals surface area (Å²) < 4.78 is 16.0. The average molecular weight is 382 g/mol. The van der Waals surface area contributed by atoms with Crippen molar-refractivity contribution in [1.29, 1.82) is 0 Å². The standard InChI is InChI=1S/C20H22N4O4/c1-12(2)21-20(25)22-14-7-5-13(6-8-14)18-23-19(28-24-18)16-10-9-15(26-3)11-17(16)27-4/h5-12H,1-4H3,(H2,21,22,25). The van der Waals surface area contributed by atoms with Gasteiger partial charge in [-0.15, -0.1) is 0 Å². The number of hydrogen-bond donors (Lipinski definition) is 2. The third-order valence-electron chi connectivity index (χ3n) is 3.89. The fraction of sp³-hybridized carbons (Fsp3) is 0.250. The fourth-order valence-electron chi connectivity index (χ4n) is 2.56. The molecule has 28 heavy (non-hydrogen) atoms. The zero-order valence-electron chi connectivity index (χ0n) is 16.1. The van der Waals surface area contributed by atoms with Crippen molar-refractivity contribution in [2.24, 2.45) is 0 Å². The van der Waals surface area contributed by atoms with E-state index in [0.29, 0.717) is 34.5 Å². The second kappa shape index (κ2) is 8.43. The van der Waals surface area contributed by atoms with Crippen LogP contribution in [0, 0.1) is 0 Å². The number of benzene rings is 2. The van der Waals surface area contributed by atoms with Gasteiger partial charge >= 0.3 is 6.03 Å². The first-order valence-electron chi connectivity index (χ1n) is 8.74. The topological polar surface area (TPSA) is 98.5 Å². The number of methoxy groups -OCH3 is 2. The van der Waals surface area contributed by atoms with Crippen LogP contribution in [0.25, 0.3) is 22.8 Å². The summed E-state index contributed by atoms with van der Waals surface area (Å²) in [5.74, 6) is 2.02. The molecule has 0 unspecified atom stereocenters. The van der Waals surface area contributed by atoms with Gasteiger partial charge in [-0.2, -0.15) is 4.98 Å². The van der Waals surface area contributed by atoms with E-state index in [1.165, 1.54) is 0 Å². The predicted octanol–water partition coefficient (Wildman–Crippen LogP) is 3.95. The molecule has 0 saturated heterocycles. The molecular weight excluding hydrogens is 360 g/mol. The second-order valence-electron chi connectivity index (χ2n) is 6.32. The number of carbonyl (C=O) groups is 1. The zero-order valence-corrected chi connectivity index (χ0v) is 16.1. The van der Waals surface area contributed by atoms with Crippen LogP contribution in [0.2, 0.25) is 0 Å². The molecule has 0 spiro atoms. The van der Waals surface area contributed by atoms with Crippen molar-refractivity contribution in [1.82, 2.24) is 15.5 Å². The molecule has 146 valence electrons. The van der Waals surface area contributed by atoms with Crippen LogP contribution in [-0.2, 0) is 0 Å². The Labute approximate surface area is 162 Å². The number of nitrogens with one attached hydrogen (secondary N) is 2. The fourth-order valence-corrected chi connectivity index (χ4v) is 2.56. The first-order chi connectivity index (χ1) is 13.5. The number of ether oxygens (including phenoxy) is 2. The maximum Gasteiger partial charge on any atom is 0.319 e. The third kappa shape index (κ3) is 4.40. The molecule has 0 saturated carbocycles. The number of aromatic nitrogens is 2. The molecule has 3 aromatic rings. The van der Waals surface area contributed by atoms with Crippen LogP contribution in [0.15, 0.2) is 47.0 Å². The Balaban J connectivity index is 1.78. The van der Waals surface area contributed by atoms with Crippen molar-refractivity contribution in [3.63, 3.8) is 0 Å². The van der Waals surface area contributed by atoms with Crippen LogP contribution in [0.4, 0.5) is 10.5 Å². The van der Waals surface area contributed by atoms with Crippen LogP contribution in [0.3, 0.4) is 0 Å². The van der Waals surface area contributed by atoms with Gasteiger partial charge in [-0.05, 0) is 50.2 Å². The van der Waals surface area contributed by atoms with Crippen LogP contribution in [-0.4, -0.2) is 36.4 Å². The average Bonchev–Trinajstić information content (AvgIpc) is 3.17. The maximum absolute atomic E-state index is 11.8. The quantitative estimate of drug-likeness (QED) is 0.670. The third-order valence-corrected chi connectivity index (χ3v) is 3.89. The number of rotatable bonds is 6. The van der Waals surface area contributed by atoms with Crippen molar-refractivity contribution in [2.45, 2.75) is 19.9 Å². The lowest BCUT2D eigenvalue weighted by Gasteiger charge is -2.10. The van der Waals surface area contributed by atoms with E-state index >= 15 is 0 Å². The molecule has 0 radical (unpaired) electrons. The van der Waals surface area contributed by atoms with Crippen molar-refractivity contribution in [3.8, 4) is 34.3 Å². The molecule has 0 bridgehead atoms. The summed E-state index contributed by atoms with van der Waals surface area (Å²) in [6, 6.07) is 12.3. The van der Waals surface area contributed by atoms with E-state index in [-0.39, 0.29) is 12.1 Å². The summed E-state index contributed by atoms with van der Waals surface area (Å²) in [7, 11) is 3.15. The second-order valence-corrected chi connectivity index (χ2v) is 6.32. The minimum absolute atomic E-state index is 0.0620. The molecular formula is C20H22N4O4. The molecule has 2 aromatic carbocycles. The molecule has 1 heterocycles. The first kappa shape index (κ1) is 19.2. The van der Waals surface area contributed by atoms with E-state index in [1.807, 2.05) is 26.0 Å². The van der Waals surface area contributed by atoms with Crippen molar-refractivity contribution in [2.75, 3.05) is 19.5 Å². The number of anilines is 1. The predicted molar refractivity (Wildman–Crippen MR) is 106 cm³/mol. The Morgan fingerprint density at radius 2 is 1.82 bits per heavy atom. The highest BCUT2D eigenvalue weighted by atomic mass is 16.5. The highest BCUT2D eigenvalue weighted by molar-refractivity contribution is 5.89. The summed E-state index contributed by atoms with van der Waals surface area (Å²) in [5, 5.41) is 9.57. The Morgan fingerprint density at radius 3 is 2.46 bits per heavy atom. The number of nitrogens with zero attached hydrogens (tertiary/aromatic N) is 2. The Hall–Kier alpha value is -3.55. The molecule has 0 aliphatic carbocycles. The van der Waals surface area contributed by atoms with E-state index < -0.39 is 0 Å². The van der Waals surface area contributed by atoms with Gasteiger partial charge in [0.1, 0.15) is 11.5 Å². The van der Waals surface area contributed by atoms with Gasteiger partial charge in [0.05, 0.1) is 19.8 Å². The normalized spacial score (nSPS) is 10.6. The summed E-state index contributed by atoms with van der Waals surface area (Å²) in [4.78, 5) is 16.2. The van der Waals surface area contributed by atoms with Crippen LogP contribution >= 0.6 is 0 Å². The van der Waals surface area contributed by atoms with Crippen LogP contribution in [0.1, 0.15) is 13.8 Å².